The lowest BCUT2D eigenvalue weighted by molar-refractivity contribution is 0.192. The van der Waals surface area contributed by atoms with Crippen molar-refractivity contribution in [2.75, 3.05) is 13.2 Å². The molecule has 2 nitrogen and oxygen atoms in total. The number of hydrogen-bond donors (Lipinski definition) is 2. The Balaban J connectivity index is 2.39. The van der Waals surface area contributed by atoms with E-state index in [1.54, 1.807) is 30.3 Å². The monoisotopic (exact) mass is 277 g/mol. The van der Waals surface area contributed by atoms with Crippen molar-refractivity contribution in [3.8, 4) is 0 Å². The van der Waals surface area contributed by atoms with E-state index in [4.69, 9.17) is 5.73 Å². The molecule has 0 saturated heterocycles. The Hall–Kier alpha value is -1.78. The maximum absolute atomic E-state index is 14.0. The smallest absolute Gasteiger partial charge is 0.127 e. The molecule has 0 aliphatic carbocycles. The van der Waals surface area contributed by atoms with Crippen LogP contribution < -0.4 is 5.73 Å². The highest BCUT2D eigenvalue weighted by Gasteiger charge is 2.33. The second-order valence-electron chi connectivity index (χ2n) is 4.93. The summed E-state index contributed by atoms with van der Waals surface area (Å²) in [5.41, 5.74) is 6.08. The van der Waals surface area contributed by atoms with Gasteiger partial charge in [0.05, 0.1) is 6.61 Å². The molecular formula is C16H17F2NO. The van der Waals surface area contributed by atoms with Crippen molar-refractivity contribution in [2.24, 2.45) is 5.73 Å². The molecule has 2 aromatic carbocycles. The highest BCUT2D eigenvalue weighted by atomic mass is 19.1. The van der Waals surface area contributed by atoms with Crippen LogP contribution in [-0.2, 0) is 11.8 Å². The fourth-order valence-corrected chi connectivity index (χ4v) is 2.37. The van der Waals surface area contributed by atoms with Crippen LogP contribution in [0.1, 0.15) is 11.1 Å². The van der Waals surface area contributed by atoms with Crippen LogP contribution in [0.15, 0.2) is 48.5 Å². The van der Waals surface area contributed by atoms with Gasteiger partial charge in [0.1, 0.15) is 11.6 Å². The molecule has 20 heavy (non-hydrogen) atoms. The Kier molecular flexibility index (Phi) is 4.47. The number of aliphatic hydroxyl groups is 1. The normalized spacial score (nSPS) is 14.0. The van der Waals surface area contributed by atoms with Crippen molar-refractivity contribution in [3.63, 3.8) is 0 Å². The molecule has 0 heterocycles. The number of halogens is 2. The second-order valence-corrected chi connectivity index (χ2v) is 4.93. The van der Waals surface area contributed by atoms with Crippen molar-refractivity contribution < 1.29 is 13.9 Å². The molecule has 0 saturated carbocycles. The number of nitrogens with two attached hydrogens (primary N) is 1. The van der Waals surface area contributed by atoms with Crippen LogP contribution in [0, 0.1) is 11.6 Å². The lowest BCUT2D eigenvalue weighted by atomic mass is 9.76. The zero-order valence-electron chi connectivity index (χ0n) is 11.0. The van der Waals surface area contributed by atoms with Crippen molar-refractivity contribution >= 4 is 0 Å². The highest BCUT2D eigenvalue weighted by molar-refractivity contribution is 5.31. The largest absolute Gasteiger partial charge is 0.395 e. The van der Waals surface area contributed by atoms with Crippen LogP contribution in [0.5, 0.6) is 0 Å². The van der Waals surface area contributed by atoms with Gasteiger partial charge in [0, 0.05) is 12.0 Å². The SMILES string of the molecule is NCC(CO)(Cc1ccc(F)cc1)c1ccccc1F. The van der Waals surface area contributed by atoms with E-state index in [9.17, 15) is 13.9 Å². The van der Waals surface area contributed by atoms with Crippen molar-refractivity contribution in [1.82, 2.24) is 0 Å². The van der Waals surface area contributed by atoms with E-state index < -0.39 is 11.2 Å². The van der Waals surface area contributed by atoms with E-state index in [1.807, 2.05) is 0 Å². The summed E-state index contributed by atoms with van der Waals surface area (Å²) < 4.78 is 26.9. The van der Waals surface area contributed by atoms with Gasteiger partial charge in [-0.15, -0.1) is 0 Å². The zero-order valence-corrected chi connectivity index (χ0v) is 11.0. The van der Waals surface area contributed by atoms with Gasteiger partial charge in [-0.05, 0) is 35.7 Å². The fourth-order valence-electron chi connectivity index (χ4n) is 2.37. The molecule has 0 amide bonds. The zero-order chi connectivity index (χ0) is 14.6. The highest BCUT2D eigenvalue weighted by Crippen LogP contribution is 2.29. The molecule has 0 spiro atoms. The summed E-state index contributed by atoms with van der Waals surface area (Å²) in [7, 11) is 0. The molecule has 1 atom stereocenters. The predicted molar refractivity (Wildman–Crippen MR) is 74.3 cm³/mol. The summed E-state index contributed by atoms with van der Waals surface area (Å²) in [6.45, 7) is -0.177. The van der Waals surface area contributed by atoms with Crippen molar-refractivity contribution in [3.05, 3.63) is 71.3 Å². The first kappa shape index (κ1) is 14.6. The number of rotatable bonds is 5. The van der Waals surface area contributed by atoms with Crippen molar-refractivity contribution in [2.45, 2.75) is 11.8 Å². The van der Waals surface area contributed by atoms with Crippen LogP contribution in [0.4, 0.5) is 8.78 Å². The Morgan fingerprint density at radius 3 is 2.20 bits per heavy atom. The molecule has 0 radical (unpaired) electrons. The minimum Gasteiger partial charge on any atom is -0.395 e. The Morgan fingerprint density at radius 1 is 1.00 bits per heavy atom. The van der Waals surface area contributed by atoms with Gasteiger partial charge in [-0.1, -0.05) is 30.3 Å². The molecular weight excluding hydrogens is 260 g/mol. The summed E-state index contributed by atoms with van der Waals surface area (Å²) in [5, 5.41) is 9.75. The third kappa shape index (κ3) is 2.86. The van der Waals surface area contributed by atoms with E-state index in [0.717, 1.165) is 5.56 Å². The number of benzene rings is 2. The lowest BCUT2D eigenvalue weighted by Gasteiger charge is -2.31. The van der Waals surface area contributed by atoms with Crippen LogP contribution in [0.2, 0.25) is 0 Å². The molecule has 3 N–H and O–H groups in total. The average molecular weight is 277 g/mol. The maximum Gasteiger partial charge on any atom is 0.127 e. The van der Waals surface area contributed by atoms with Crippen LogP contribution in [0.25, 0.3) is 0 Å². The standard InChI is InChI=1S/C16H17F2NO/c17-13-7-5-12(6-8-13)9-16(10-19,11-20)14-3-1-2-4-15(14)18/h1-8,20H,9-11,19H2. The molecule has 2 rings (SSSR count). The number of hydrogen-bond acceptors (Lipinski definition) is 2. The number of aliphatic hydroxyl groups excluding tert-OH is 1. The van der Waals surface area contributed by atoms with E-state index >= 15 is 0 Å². The van der Waals surface area contributed by atoms with Gasteiger partial charge in [-0.2, -0.15) is 0 Å². The Morgan fingerprint density at radius 2 is 1.65 bits per heavy atom. The molecule has 4 heteroatoms. The molecule has 106 valence electrons. The van der Waals surface area contributed by atoms with E-state index in [2.05, 4.69) is 0 Å². The van der Waals surface area contributed by atoms with E-state index in [0.29, 0.717) is 12.0 Å². The maximum atomic E-state index is 14.0. The van der Waals surface area contributed by atoms with Crippen LogP contribution in [-0.4, -0.2) is 18.3 Å². The second kappa shape index (κ2) is 6.11. The van der Waals surface area contributed by atoms with Gasteiger partial charge in [-0.25, -0.2) is 8.78 Å². The minimum absolute atomic E-state index is 0.0990. The lowest BCUT2D eigenvalue weighted by Crippen LogP contribution is -2.41. The molecule has 0 aliphatic rings. The van der Waals surface area contributed by atoms with Crippen LogP contribution >= 0.6 is 0 Å². The summed E-state index contributed by atoms with van der Waals surface area (Å²) in [6.07, 6.45) is 0.348. The summed E-state index contributed by atoms with van der Waals surface area (Å²) in [6, 6.07) is 12.2. The molecule has 0 fully saturated rings. The first-order valence-electron chi connectivity index (χ1n) is 6.42. The average Bonchev–Trinajstić information content (AvgIpc) is 2.48. The summed E-state index contributed by atoms with van der Waals surface area (Å²) in [4.78, 5) is 0. The van der Waals surface area contributed by atoms with E-state index in [1.165, 1.54) is 18.2 Å². The molecule has 2 aromatic rings. The van der Waals surface area contributed by atoms with Crippen molar-refractivity contribution in [1.29, 1.82) is 0 Å². The summed E-state index contributed by atoms with van der Waals surface area (Å²) in [5.74, 6) is -0.726. The quantitative estimate of drug-likeness (QED) is 0.881. The third-order valence-corrected chi connectivity index (χ3v) is 3.59. The van der Waals surface area contributed by atoms with Gasteiger partial charge in [0.25, 0.3) is 0 Å². The minimum atomic E-state index is -0.900. The van der Waals surface area contributed by atoms with Gasteiger partial charge >= 0.3 is 0 Å². The molecule has 0 aliphatic heterocycles. The molecule has 1 unspecified atom stereocenters. The van der Waals surface area contributed by atoms with Gasteiger partial charge < -0.3 is 10.8 Å². The molecule has 0 bridgehead atoms. The fraction of sp³-hybridized carbons (Fsp3) is 0.250. The summed E-state index contributed by atoms with van der Waals surface area (Å²) >= 11 is 0. The van der Waals surface area contributed by atoms with Gasteiger partial charge in [-0.3, -0.25) is 0 Å². The first-order chi connectivity index (χ1) is 9.61. The van der Waals surface area contributed by atoms with Crippen LogP contribution in [0.3, 0.4) is 0 Å². The Labute approximate surface area is 116 Å². The van der Waals surface area contributed by atoms with E-state index in [-0.39, 0.29) is 19.0 Å². The predicted octanol–water partition coefficient (Wildman–Crippen LogP) is 2.40. The first-order valence-corrected chi connectivity index (χ1v) is 6.42. The van der Waals surface area contributed by atoms with Gasteiger partial charge in [0.2, 0.25) is 0 Å². The van der Waals surface area contributed by atoms with Gasteiger partial charge in [0.15, 0.2) is 0 Å². The Bertz CT molecular complexity index is 565. The third-order valence-electron chi connectivity index (χ3n) is 3.59. The topological polar surface area (TPSA) is 46.2 Å². The molecule has 0 aromatic heterocycles.